The first-order valence-electron chi connectivity index (χ1n) is 11.5. The molecule has 180 valence electrons. The number of aromatic nitrogens is 5. The monoisotopic (exact) mass is 490 g/mol. The normalized spacial score (nSPS) is 11.2. The Bertz CT molecular complexity index is 1830. The molecule has 0 unspecified atom stereocenters. The van der Waals surface area contributed by atoms with E-state index in [1.807, 2.05) is 18.2 Å². The number of carbonyl (C=O) groups is 1. The van der Waals surface area contributed by atoms with E-state index in [-0.39, 0.29) is 18.0 Å². The summed E-state index contributed by atoms with van der Waals surface area (Å²) in [4.78, 5) is 42.8. The van der Waals surface area contributed by atoms with Crippen molar-refractivity contribution in [2.75, 3.05) is 0 Å². The first-order valence-corrected chi connectivity index (χ1v) is 11.5. The standard InChI is InChI=1S/C28H19FN6O2/c29-21-14-33-27-26(20-11-22(32-15-23(20)35-27)19-2-1-8-30-13-19)25(21)17-3-5-18(6-4-17)28(37)34-12-16-7-9-31-24(36)10-16/h1-11,13-15H,12H2,(H,31,36)(H,33,35)(H,34,37). The summed E-state index contributed by atoms with van der Waals surface area (Å²) < 4.78 is 15.2. The molecule has 6 aromatic rings. The van der Waals surface area contributed by atoms with Gasteiger partial charge in [-0.3, -0.25) is 19.6 Å². The molecule has 0 aliphatic heterocycles. The number of fused-ring (bicyclic) bond motifs is 3. The van der Waals surface area contributed by atoms with Crippen LogP contribution in [0.1, 0.15) is 15.9 Å². The maximum Gasteiger partial charge on any atom is 0.251 e. The lowest BCUT2D eigenvalue weighted by Gasteiger charge is -2.09. The molecule has 0 saturated heterocycles. The molecule has 9 heteroatoms. The molecule has 0 aliphatic carbocycles. The molecule has 1 aromatic carbocycles. The predicted molar refractivity (Wildman–Crippen MR) is 138 cm³/mol. The minimum absolute atomic E-state index is 0.215. The highest BCUT2D eigenvalue weighted by Crippen LogP contribution is 2.36. The summed E-state index contributed by atoms with van der Waals surface area (Å²) in [5.41, 5.74) is 4.70. The molecule has 0 saturated carbocycles. The lowest BCUT2D eigenvalue weighted by molar-refractivity contribution is 0.0951. The third-order valence-corrected chi connectivity index (χ3v) is 6.14. The number of hydrogen-bond donors (Lipinski definition) is 3. The van der Waals surface area contributed by atoms with Crippen molar-refractivity contribution in [2.24, 2.45) is 0 Å². The smallest absolute Gasteiger partial charge is 0.251 e. The molecule has 0 spiro atoms. The SMILES string of the molecule is O=C(NCc1cc[nH]c(=O)c1)c1ccc(-c2c(F)cnc3[nH]c4cnc(-c5cccnc5)cc4c23)cc1. The zero-order chi connectivity index (χ0) is 25.4. The maximum atomic E-state index is 15.2. The van der Waals surface area contributed by atoms with Gasteiger partial charge in [-0.1, -0.05) is 12.1 Å². The Morgan fingerprint density at radius 2 is 1.84 bits per heavy atom. The van der Waals surface area contributed by atoms with Gasteiger partial charge < -0.3 is 15.3 Å². The van der Waals surface area contributed by atoms with Crippen LogP contribution in [0.25, 0.3) is 44.3 Å². The largest absolute Gasteiger partial charge is 0.348 e. The minimum atomic E-state index is -0.473. The molecular weight excluding hydrogens is 471 g/mol. The van der Waals surface area contributed by atoms with Gasteiger partial charge in [0, 0.05) is 58.7 Å². The van der Waals surface area contributed by atoms with Crippen LogP contribution in [0, 0.1) is 5.82 Å². The minimum Gasteiger partial charge on any atom is -0.348 e. The van der Waals surface area contributed by atoms with Gasteiger partial charge in [0.05, 0.1) is 23.6 Å². The Hall–Kier alpha value is -5.18. The number of nitrogens with one attached hydrogen (secondary N) is 3. The van der Waals surface area contributed by atoms with Crippen molar-refractivity contribution < 1.29 is 9.18 Å². The molecule has 0 aliphatic rings. The molecule has 1 amide bonds. The van der Waals surface area contributed by atoms with Crippen molar-refractivity contribution in [2.45, 2.75) is 6.54 Å². The van der Waals surface area contributed by atoms with Crippen molar-refractivity contribution in [3.63, 3.8) is 0 Å². The van der Waals surface area contributed by atoms with E-state index in [4.69, 9.17) is 0 Å². The summed E-state index contributed by atoms with van der Waals surface area (Å²) in [6.45, 7) is 0.215. The Morgan fingerprint density at radius 3 is 2.62 bits per heavy atom. The number of rotatable bonds is 5. The number of hydrogen-bond acceptors (Lipinski definition) is 5. The van der Waals surface area contributed by atoms with Crippen LogP contribution in [-0.4, -0.2) is 30.8 Å². The average Bonchev–Trinajstić information content (AvgIpc) is 3.30. The van der Waals surface area contributed by atoms with Crippen LogP contribution in [0.5, 0.6) is 0 Å². The van der Waals surface area contributed by atoms with Gasteiger partial charge in [0.25, 0.3) is 5.91 Å². The molecule has 6 rings (SSSR count). The van der Waals surface area contributed by atoms with Gasteiger partial charge in [0.1, 0.15) is 11.5 Å². The Morgan fingerprint density at radius 1 is 0.973 bits per heavy atom. The summed E-state index contributed by atoms with van der Waals surface area (Å²) in [5.74, 6) is -0.772. The first kappa shape index (κ1) is 22.3. The van der Waals surface area contributed by atoms with E-state index in [2.05, 4.69) is 30.2 Å². The lowest BCUT2D eigenvalue weighted by Crippen LogP contribution is -2.23. The maximum absolute atomic E-state index is 15.2. The van der Waals surface area contributed by atoms with Crippen molar-refractivity contribution in [1.29, 1.82) is 0 Å². The highest BCUT2D eigenvalue weighted by molar-refractivity contribution is 6.13. The second-order valence-electron chi connectivity index (χ2n) is 8.51. The Kier molecular flexibility index (Phi) is 5.49. The van der Waals surface area contributed by atoms with Crippen LogP contribution in [-0.2, 0) is 6.54 Å². The number of carbonyl (C=O) groups excluding carboxylic acids is 1. The second kappa shape index (κ2) is 9.12. The number of H-pyrrole nitrogens is 2. The number of benzene rings is 1. The van der Waals surface area contributed by atoms with Crippen molar-refractivity contribution in [3.05, 3.63) is 113 Å². The molecule has 0 fully saturated rings. The topological polar surface area (TPSA) is 116 Å². The number of amides is 1. The van der Waals surface area contributed by atoms with E-state index in [0.29, 0.717) is 39.0 Å². The van der Waals surface area contributed by atoms with E-state index >= 15 is 4.39 Å². The van der Waals surface area contributed by atoms with E-state index in [1.165, 1.54) is 18.5 Å². The number of nitrogens with zero attached hydrogens (tertiary/aromatic N) is 3. The van der Waals surface area contributed by atoms with Gasteiger partial charge in [-0.05, 0) is 47.5 Å². The summed E-state index contributed by atoms with van der Waals surface area (Å²) in [6, 6.07) is 15.5. The first-order chi connectivity index (χ1) is 18.1. The van der Waals surface area contributed by atoms with Crippen LogP contribution < -0.4 is 10.9 Å². The highest BCUT2D eigenvalue weighted by Gasteiger charge is 2.18. The van der Waals surface area contributed by atoms with Crippen LogP contribution in [0.3, 0.4) is 0 Å². The lowest BCUT2D eigenvalue weighted by atomic mass is 9.99. The summed E-state index contributed by atoms with van der Waals surface area (Å²) in [6.07, 6.45) is 7.84. The Labute approximate surface area is 209 Å². The third-order valence-electron chi connectivity index (χ3n) is 6.14. The van der Waals surface area contributed by atoms with Crippen LogP contribution in [0.4, 0.5) is 4.39 Å². The molecule has 0 bridgehead atoms. The van der Waals surface area contributed by atoms with Crippen molar-refractivity contribution in [1.82, 2.24) is 30.2 Å². The predicted octanol–water partition coefficient (Wildman–Crippen LogP) is 4.60. The second-order valence-corrected chi connectivity index (χ2v) is 8.51. The van der Waals surface area contributed by atoms with E-state index in [1.54, 1.807) is 48.9 Å². The molecule has 3 N–H and O–H groups in total. The van der Waals surface area contributed by atoms with Gasteiger partial charge in [-0.15, -0.1) is 0 Å². The number of pyridine rings is 4. The van der Waals surface area contributed by atoms with Crippen molar-refractivity contribution in [3.8, 4) is 22.4 Å². The Balaban J connectivity index is 1.36. The molecule has 0 radical (unpaired) electrons. The van der Waals surface area contributed by atoms with Gasteiger partial charge in [-0.25, -0.2) is 9.37 Å². The molecule has 5 aromatic heterocycles. The van der Waals surface area contributed by atoms with Gasteiger partial charge in [-0.2, -0.15) is 0 Å². The number of aromatic amines is 2. The van der Waals surface area contributed by atoms with Gasteiger partial charge in [0.2, 0.25) is 5.56 Å². The average molecular weight is 490 g/mol. The summed E-state index contributed by atoms with van der Waals surface area (Å²) in [7, 11) is 0. The third kappa shape index (κ3) is 4.23. The van der Waals surface area contributed by atoms with Gasteiger partial charge in [0.15, 0.2) is 0 Å². The highest BCUT2D eigenvalue weighted by atomic mass is 19.1. The molecule has 0 atom stereocenters. The fourth-order valence-corrected chi connectivity index (χ4v) is 4.36. The summed E-state index contributed by atoms with van der Waals surface area (Å²) >= 11 is 0. The molecule has 8 nitrogen and oxygen atoms in total. The fourth-order valence-electron chi connectivity index (χ4n) is 4.36. The molecule has 37 heavy (non-hydrogen) atoms. The van der Waals surface area contributed by atoms with E-state index in [9.17, 15) is 9.59 Å². The fraction of sp³-hybridized carbons (Fsp3) is 0.0357. The zero-order valence-corrected chi connectivity index (χ0v) is 19.3. The van der Waals surface area contributed by atoms with Crippen LogP contribution in [0.2, 0.25) is 0 Å². The molecule has 5 heterocycles. The van der Waals surface area contributed by atoms with Crippen LogP contribution in [0.15, 0.2) is 90.4 Å². The zero-order valence-electron chi connectivity index (χ0n) is 19.3. The number of halogens is 1. The van der Waals surface area contributed by atoms with Crippen LogP contribution >= 0.6 is 0 Å². The van der Waals surface area contributed by atoms with Gasteiger partial charge >= 0.3 is 0 Å². The van der Waals surface area contributed by atoms with Crippen molar-refractivity contribution >= 4 is 27.8 Å². The van der Waals surface area contributed by atoms with E-state index < -0.39 is 5.82 Å². The summed E-state index contributed by atoms with van der Waals surface area (Å²) in [5, 5.41) is 4.21. The van der Waals surface area contributed by atoms with E-state index in [0.717, 1.165) is 16.5 Å². The molecular formula is C28H19FN6O2. The quantitative estimate of drug-likeness (QED) is 0.327.